The van der Waals surface area contributed by atoms with Crippen LogP contribution >= 0.6 is 0 Å². The van der Waals surface area contributed by atoms with Crippen LogP contribution in [0.25, 0.3) is 0 Å². The van der Waals surface area contributed by atoms with Crippen molar-refractivity contribution in [2.24, 2.45) is 11.1 Å². The molecule has 2 nitrogen and oxygen atoms in total. The molecule has 0 saturated carbocycles. The van der Waals surface area contributed by atoms with Crippen molar-refractivity contribution < 1.29 is 4.79 Å². The van der Waals surface area contributed by atoms with Gasteiger partial charge in [-0.15, -0.1) is 0 Å². The average molecular weight is 157 g/mol. The van der Waals surface area contributed by atoms with E-state index in [1.54, 1.807) is 0 Å². The summed E-state index contributed by atoms with van der Waals surface area (Å²) in [5.41, 5.74) is 5.04. The maximum atomic E-state index is 11.0. The minimum absolute atomic E-state index is 0.152. The van der Waals surface area contributed by atoms with E-state index in [9.17, 15) is 4.79 Å². The lowest BCUT2D eigenvalue weighted by molar-refractivity contribution is -0.127. The van der Waals surface area contributed by atoms with Crippen LogP contribution in [0.5, 0.6) is 0 Å². The monoisotopic (exact) mass is 157 g/mol. The van der Waals surface area contributed by atoms with Gasteiger partial charge in [0, 0.05) is 5.41 Å². The molecule has 0 aliphatic rings. The Kier molecular flexibility index (Phi) is 4.16. The predicted octanol–water partition coefficient (Wildman–Crippen LogP) is 2.08. The van der Waals surface area contributed by atoms with Crippen molar-refractivity contribution in [3.05, 3.63) is 0 Å². The van der Waals surface area contributed by atoms with E-state index >= 15 is 0 Å². The number of carbonyl (C=O) groups excluding carboxylic acids is 1. The van der Waals surface area contributed by atoms with E-state index in [-0.39, 0.29) is 11.3 Å². The van der Waals surface area contributed by atoms with E-state index in [0.29, 0.717) is 0 Å². The molecule has 0 bridgehead atoms. The molecule has 2 heteroatoms. The molecule has 0 aromatic heterocycles. The van der Waals surface area contributed by atoms with Crippen molar-refractivity contribution in [3.63, 3.8) is 0 Å². The summed E-state index contributed by atoms with van der Waals surface area (Å²) in [7, 11) is 0. The summed E-state index contributed by atoms with van der Waals surface area (Å²) in [6.07, 6.45) is 3.88. The van der Waals surface area contributed by atoms with E-state index in [4.69, 9.17) is 5.73 Å². The molecule has 0 heterocycles. The summed E-state index contributed by atoms with van der Waals surface area (Å²) in [4.78, 5) is 11.0. The van der Waals surface area contributed by atoms with Crippen molar-refractivity contribution >= 4 is 5.91 Å². The highest BCUT2D eigenvalue weighted by Crippen LogP contribution is 2.28. The molecule has 0 rings (SSSR count). The summed E-state index contributed by atoms with van der Waals surface area (Å²) in [5.74, 6) is -0.152. The molecule has 1 amide bonds. The van der Waals surface area contributed by atoms with Crippen LogP contribution in [0, 0.1) is 5.41 Å². The first-order valence-electron chi connectivity index (χ1n) is 4.36. The molecule has 0 aromatic rings. The standard InChI is InChI=1S/C9H19NO/c1-4-6-9(3,7-5-2)8(10)11/h4-7H2,1-3H3,(H2,10,11). The first kappa shape index (κ1) is 10.5. The van der Waals surface area contributed by atoms with E-state index < -0.39 is 0 Å². The molecule has 0 saturated heterocycles. The number of carbonyl (C=O) groups is 1. The Morgan fingerprint density at radius 1 is 1.27 bits per heavy atom. The highest BCUT2D eigenvalue weighted by atomic mass is 16.1. The predicted molar refractivity (Wildman–Crippen MR) is 47.1 cm³/mol. The molecule has 0 spiro atoms. The smallest absolute Gasteiger partial charge is 0.223 e. The average Bonchev–Trinajstić information content (AvgIpc) is 1.88. The third-order valence-electron chi connectivity index (χ3n) is 2.20. The molecule has 0 radical (unpaired) electrons. The highest BCUT2D eigenvalue weighted by molar-refractivity contribution is 5.80. The van der Waals surface area contributed by atoms with E-state index in [2.05, 4.69) is 13.8 Å². The van der Waals surface area contributed by atoms with E-state index in [1.807, 2.05) is 6.92 Å². The summed E-state index contributed by atoms with van der Waals surface area (Å²) in [6, 6.07) is 0. The Bertz CT molecular complexity index is 126. The van der Waals surface area contributed by atoms with Crippen molar-refractivity contribution in [2.45, 2.75) is 46.5 Å². The van der Waals surface area contributed by atoms with Gasteiger partial charge in [0.1, 0.15) is 0 Å². The van der Waals surface area contributed by atoms with E-state index in [0.717, 1.165) is 25.7 Å². The van der Waals surface area contributed by atoms with Crippen LogP contribution in [0.15, 0.2) is 0 Å². The van der Waals surface area contributed by atoms with Gasteiger partial charge in [0.2, 0.25) is 5.91 Å². The van der Waals surface area contributed by atoms with Crippen LogP contribution in [0.3, 0.4) is 0 Å². The number of hydrogen-bond donors (Lipinski definition) is 1. The lowest BCUT2D eigenvalue weighted by Gasteiger charge is -2.24. The Labute approximate surface area is 69.2 Å². The van der Waals surface area contributed by atoms with Crippen molar-refractivity contribution in [1.82, 2.24) is 0 Å². The van der Waals surface area contributed by atoms with Crippen molar-refractivity contribution in [1.29, 1.82) is 0 Å². The molecule has 0 aliphatic heterocycles. The lowest BCUT2D eigenvalue weighted by Crippen LogP contribution is -2.34. The maximum Gasteiger partial charge on any atom is 0.223 e. The number of rotatable bonds is 5. The third-order valence-corrected chi connectivity index (χ3v) is 2.20. The molecular formula is C9H19NO. The number of primary amides is 1. The van der Waals surface area contributed by atoms with Gasteiger partial charge in [0.25, 0.3) is 0 Å². The summed E-state index contributed by atoms with van der Waals surface area (Å²) in [6.45, 7) is 6.12. The van der Waals surface area contributed by atoms with Crippen LogP contribution in [0.1, 0.15) is 46.5 Å². The van der Waals surface area contributed by atoms with Gasteiger partial charge in [-0.3, -0.25) is 4.79 Å². The fourth-order valence-corrected chi connectivity index (χ4v) is 1.47. The molecule has 11 heavy (non-hydrogen) atoms. The topological polar surface area (TPSA) is 43.1 Å². The zero-order valence-electron chi connectivity index (χ0n) is 7.81. The summed E-state index contributed by atoms with van der Waals surface area (Å²) in [5, 5.41) is 0. The van der Waals surface area contributed by atoms with Crippen LogP contribution in [0.4, 0.5) is 0 Å². The summed E-state index contributed by atoms with van der Waals surface area (Å²) >= 11 is 0. The molecule has 2 N–H and O–H groups in total. The lowest BCUT2D eigenvalue weighted by atomic mass is 9.81. The van der Waals surface area contributed by atoms with Gasteiger partial charge in [-0.05, 0) is 12.8 Å². The molecule has 66 valence electrons. The van der Waals surface area contributed by atoms with Gasteiger partial charge >= 0.3 is 0 Å². The molecule has 0 aliphatic carbocycles. The minimum Gasteiger partial charge on any atom is -0.369 e. The van der Waals surface area contributed by atoms with Crippen LogP contribution in [0.2, 0.25) is 0 Å². The Hall–Kier alpha value is -0.530. The first-order chi connectivity index (χ1) is 5.06. The quantitative estimate of drug-likeness (QED) is 0.652. The largest absolute Gasteiger partial charge is 0.369 e. The first-order valence-corrected chi connectivity index (χ1v) is 4.36. The van der Waals surface area contributed by atoms with Gasteiger partial charge in [0.05, 0.1) is 0 Å². The molecule has 0 atom stereocenters. The fourth-order valence-electron chi connectivity index (χ4n) is 1.47. The number of hydrogen-bond acceptors (Lipinski definition) is 1. The van der Waals surface area contributed by atoms with Gasteiger partial charge in [-0.25, -0.2) is 0 Å². The van der Waals surface area contributed by atoms with Gasteiger partial charge in [-0.2, -0.15) is 0 Å². The van der Waals surface area contributed by atoms with Gasteiger partial charge < -0.3 is 5.73 Å². The summed E-state index contributed by atoms with van der Waals surface area (Å²) < 4.78 is 0. The zero-order valence-corrected chi connectivity index (χ0v) is 7.81. The second-order valence-electron chi connectivity index (χ2n) is 3.42. The van der Waals surface area contributed by atoms with Crippen molar-refractivity contribution in [3.8, 4) is 0 Å². The maximum absolute atomic E-state index is 11.0. The third kappa shape index (κ3) is 2.91. The number of amides is 1. The van der Waals surface area contributed by atoms with Crippen LogP contribution in [-0.4, -0.2) is 5.91 Å². The second-order valence-corrected chi connectivity index (χ2v) is 3.42. The zero-order chi connectivity index (χ0) is 8.91. The second kappa shape index (κ2) is 4.37. The van der Waals surface area contributed by atoms with Crippen molar-refractivity contribution in [2.75, 3.05) is 0 Å². The SMILES string of the molecule is CCCC(C)(CCC)C(N)=O. The fraction of sp³-hybridized carbons (Fsp3) is 0.889. The van der Waals surface area contributed by atoms with Crippen LogP contribution < -0.4 is 5.73 Å². The number of nitrogens with two attached hydrogens (primary N) is 1. The van der Waals surface area contributed by atoms with E-state index in [1.165, 1.54) is 0 Å². The molecule has 0 aromatic carbocycles. The Morgan fingerprint density at radius 3 is 1.82 bits per heavy atom. The normalized spacial score (nSPS) is 11.5. The molecule has 0 fully saturated rings. The van der Waals surface area contributed by atoms with Gasteiger partial charge in [-0.1, -0.05) is 33.6 Å². The molecule has 0 unspecified atom stereocenters. The molecular weight excluding hydrogens is 138 g/mol. The van der Waals surface area contributed by atoms with Crippen LogP contribution in [-0.2, 0) is 4.79 Å². The Balaban J connectivity index is 4.13. The Morgan fingerprint density at radius 2 is 1.64 bits per heavy atom. The minimum atomic E-state index is -0.260. The highest BCUT2D eigenvalue weighted by Gasteiger charge is 2.28. The van der Waals surface area contributed by atoms with Gasteiger partial charge in [0.15, 0.2) is 0 Å².